The molecule has 0 bridgehead atoms. The van der Waals surface area contributed by atoms with E-state index in [0.29, 0.717) is 17.9 Å². The number of amides is 1. The molecule has 4 rings (SSSR count). The van der Waals surface area contributed by atoms with Crippen LogP contribution in [0.25, 0.3) is 11.3 Å². The molecule has 3 aromatic rings. The summed E-state index contributed by atoms with van der Waals surface area (Å²) in [6.45, 7) is 0.619. The average molecular weight is 440 g/mol. The van der Waals surface area contributed by atoms with Crippen molar-refractivity contribution in [2.45, 2.75) is 25.3 Å². The minimum atomic E-state index is -0.485. The molecule has 2 aromatic heterocycles. The van der Waals surface area contributed by atoms with E-state index in [1.165, 1.54) is 4.80 Å². The number of nitrogens with one attached hydrogen (secondary N) is 2. The zero-order valence-electron chi connectivity index (χ0n) is 18.4. The van der Waals surface area contributed by atoms with Crippen molar-refractivity contribution in [3.8, 4) is 17.3 Å². The second kappa shape index (κ2) is 10.5. The third-order valence-electron chi connectivity index (χ3n) is 5.37. The Balaban J connectivity index is 1.41. The zero-order chi connectivity index (χ0) is 23.0. The van der Waals surface area contributed by atoms with Gasteiger partial charge < -0.3 is 10.6 Å². The summed E-state index contributed by atoms with van der Waals surface area (Å²) in [4.78, 5) is 19.0. The van der Waals surface area contributed by atoms with E-state index >= 15 is 0 Å². The minimum absolute atomic E-state index is 0.160. The van der Waals surface area contributed by atoms with Crippen LogP contribution in [0.3, 0.4) is 0 Å². The molecule has 8 nitrogen and oxygen atoms in total. The highest BCUT2D eigenvalue weighted by Crippen LogP contribution is 2.18. The standard InChI is InChI=1S/C25H25N7O/c1-32-29-17-22(31-32)21-11-12-23(28-16-21)30-25(33)24(20-5-3-2-4-6-20)27-14-13-18-7-9-19(15-26)10-8-18/h3,5-12,16-17,24,27H,2,4,13-14H2,1H3,(H,28,30,33). The lowest BCUT2D eigenvalue weighted by atomic mass is 9.99. The van der Waals surface area contributed by atoms with Gasteiger partial charge in [-0.05, 0) is 54.7 Å². The molecule has 1 unspecified atom stereocenters. The summed E-state index contributed by atoms with van der Waals surface area (Å²) in [6, 6.07) is 12.8. The lowest BCUT2D eigenvalue weighted by Crippen LogP contribution is -2.43. The molecule has 0 saturated carbocycles. The van der Waals surface area contributed by atoms with Crippen molar-refractivity contribution in [3.05, 3.63) is 83.7 Å². The Morgan fingerprint density at radius 2 is 2.03 bits per heavy atom. The predicted molar refractivity (Wildman–Crippen MR) is 126 cm³/mol. The molecule has 2 N–H and O–H groups in total. The van der Waals surface area contributed by atoms with Crippen LogP contribution in [0.4, 0.5) is 5.82 Å². The molecule has 166 valence electrons. The number of benzene rings is 1. The molecule has 33 heavy (non-hydrogen) atoms. The van der Waals surface area contributed by atoms with Crippen molar-refractivity contribution in [2.24, 2.45) is 7.05 Å². The number of carbonyl (C=O) groups excluding carboxylic acids is 1. The summed E-state index contributed by atoms with van der Waals surface area (Å²) in [7, 11) is 1.76. The summed E-state index contributed by atoms with van der Waals surface area (Å²) < 4.78 is 0. The third-order valence-corrected chi connectivity index (χ3v) is 5.37. The van der Waals surface area contributed by atoms with Crippen LogP contribution in [0.2, 0.25) is 0 Å². The van der Waals surface area contributed by atoms with Crippen LogP contribution in [0.15, 0.2) is 72.6 Å². The van der Waals surface area contributed by atoms with Gasteiger partial charge in [-0.25, -0.2) is 4.98 Å². The molecule has 0 spiro atoms. The molecule has 0 fully saturated rings. The van der Waals surface area contributed by atoms with E-state index in [1.54, 1.807) is 25.5 Å². The Kier molecular flexibility index (Phi) is 7.03. The molecule has 8 heteroatoms. The largest absolute Gasteiger partial charge is 0.309 e. The molecule has 0 radical (unpaired) electrons. The number of aromatic nitrogens is 4. The van der Waals surface area contributed by atoms with Gasteiger partial charge in [0.2, 0.25) is 5.91 Å². The third kappa shape index (κ3) is 5.79. The molecule has 2 heterocycles. The molecule has 1 aromatic carbocycles. The van der Waals surface area contributed by atoms with Crippen molar-refractivity contribution in [2.75, 3.05) is 11.9 Å². The number of aryl methyl sites for hydroxylation is 1. The highest BCUT2D eigenvalue weighted by molar-refractivity contribution is 5.96. The fourth-order valence-electron chi connectivity index (χ4n) is 3.61. The van der Waals surface area contributed by atoms with E-state index < -0.39 is 6.04 Å². The monoisotopic (exact) mass is 439 g/mol. The molecule has 1 aliphatic rings. The van der Waals surface area contributed by atoms with Gasteiger partial charge in [-0.3, -0.25) is 4.79 Å². The van der Waals surface area contributed by atoms with Gasteiger partial charge in [-0.15, -0.1) is 0 Å². The maximum absolute atomic E-state index is 13.1. The van der Waals surface area contributed by atoms with Crippen molar-refractivity contribution < 1.29 is 4.79 Å². The summed E-state index contributed by atoms with van der Waals surface area (Å²) in [5.74, 6) is 0.319. The smallest absolute Gasteiger partial charge is 0.247 e. The number of carbonyl (C=O) groups is 1. The van der Waals surface area contributed by atoms with E-state index in [1.807, 2.05) is 36.4 Å². The van der Waals surface area contributed by atoms with Crippen molar-refractivity contribution in [3.63, 3.8) is 0 Å². The first kappa shape index (κ1) is 22.1. The fourth-order valence-corrected chi connectivity index (χ4v) is 3.61. The number of hydrogen-bond donors (Lipinski definition) is 2. The number of nitriles is 1. The molecule has 0 aliphatic heterocycles. The molecular formula is C25H25N7O. The first-order chi connectivity index (χ1) is 16.1. The van der Waals surface area contributed by atoms with Crippen molar-refractivity contribution >= 4 is 11.7 Å². The van der Waals surface area contributed by atoms with E-state index in [-0.39, 0.29) is 5.91 Å². The van der Waals surface area contributed by atoms with Crippen LogP contribution < -0.4 is 10.6 Å². The van der Waals surface area contributed by atoms with Crippen LogP contribution in [0.5, 0.6) is 0 Å². The summed E-state index contributed by atoms with van der Waals surface area (Å²) in [5.41, 5.74) is 4.25. The maximum Gasteiger partial charge on any atom is 0.247 e. The number of anilines is 1. The Morgan fingerprint density at radius 3 is 2.67 bits per heavy atom. The van der Waals surface area contributed by atoms with Crippen LogP contribution in [0.1, 0.15) is 24.0 Å². The first-order valence-corrected chi connectivity index (χ1v) is 10.8. The molecule has 1 aliphatic carbocycles. The molecule has 1 amide bonds. The van der Waals surface area contributed by atoms with E-state index in [9.17, 15) is 4.79 Å². The van der Waals surface area contributed by atoms with Gasteiger partial charge in [0.1, 0.15) is 17.6 Å². The Labute approximate surface area is 192 Å². The quantitative estimate of drug-likeness (QED) is 0.558. The maximum atomic E-state index is 13.1. The second-order valence-corrected chi connectivity index (χ2v) is 7.77. The molecule has 0 saturated heterocycles. The second-order valence-electron chi connectivity index (χ2n) is 7.77. The highest BCUT2D eigenvalue weighted by atomic mass is 16.2. The topological polar surface area (TPSA) is 109 Å². The Bertz CT molecular complexity index is 1200. The van der Waals surface area contributed by atoms with Gasteiger partial charge in [-0.2, -0.15) is 20.3 Å². The first-order valence-electron chi connectivity index (χ1n) is 10.8. The normalized spacial score (nSPS) is 13.8. The van der Waals surface area contributed by atoms with Gasteiger partial charge in [0, 0.05) is 25.4 Å². The summed E-state index contributed by atoms with van der Waals surface area (Å²) in [6.07, 6.45) is 12.2. The van der Waals surface area contributed by atoms with Crippen LogP contribution in [-0.4, -0.2) is 38.5 Å². The fraction of sp³-hybridized carbons (Fsp3) is 0.240. The number of allylic oxidation sites excluding steroid dienone is 2. The number of nitrogens with zero attached hydrogens (tertiary/aromatic N) is 5. The number of hydrogen-bond acceptors (Lipinski definition) is 6. The van der Waals surface area contributed by atoms with E-state index in [4.69, 9.17) is 5.26 Å². The summed E-state index contributed by atoms with van der Waals surface area (Å²) >= 11 is 0. The number of pyridine rings is 1. The average Bonchev–Trinajstić information content (AvgIpc) is 3.29. The number of rotatable bonds is 8. The molecule has 1 atom stereocenters. The SMILES string of the molecule is Cn1ncc(-c2ccc(NC(=O)C(NCCc3ccc(C#N)cc3)C3=CCCC=C3)nc2)n1. The van der Waals surface area contributed by atoms with Crippen molar-refractivity contribution in [1.29, 1.82) is 5.26 Å². The summed E-state index contributed by atoms with van der Waals surface area (Å²) in [5, 5.41) is 23.6. The molecular weight excluding hydrogens is 414 g/mol. The lowest BCUT2D eigenvalue weighted by Gasteiger charge is -2.21. The minimum Gasteiger partial charge on any atom is -0.309 e. The van der Waals surface area contributed by atoms with Gasteiger partial charge in [0.05, 0.1) is 17.8 Å². The van der Waals surface area contributed by atoms with Crippen molar-refractivity contribution in [1.82, 2.24) is 25.3 Å². The van der Waals surface area contributed by atoms with Gasteiger partial charge in [0.15, 0.2) is 0 Å². The van der Waals surface area contributed by atoms with E-state index in [0.717, 1.165) is 41.7 Å². The zero-order valence-corrected chi connectivity index (χ0v) is 18.4. The highest BCUT2D eigenvalue weighted by Gasteiger charge is 2.22. The Hall–Kier alpha value is -4.09. The van der Waals surface area contributed by atoms with Crippen LogP contribution in [0, 0.1) is 11.3 Å². The van der Waals surface area contributed by atoms with Gasteiger partial charge >= 0.3 is 0 Å². The van der Waals surface area contributed by atoms with Gasteiger partial charge in [0.25, 0.3) is 0 Å². The Morgan fingerprint density at radius 1 is 1.18 bits per heavy atom. The van der Waals surface area contributed by atoms with Crippen LogP contribution >= 0.6 is 0 Å². The van der Waals surface area contributed by atoms with E-state index in [2.05, 4.69) is 44.0 Å². The predicted octanol–water partition coefficient (Wildman–Crippen LogP) is 3.16. The lowest BCUT2D eigenvalue weighted by molar-refractivity contribution is -0.117. The van der Waals surface area contributed by atoms with Gasteiger partial charge in [-0.1, -0.05) is 30.4 Å². The van der Waals surface area contributed by atoms with Crippen LogP contribution in [-0.2, 0) is 18.3 Å².